The highest BCUT2D eigenvalue weighted by Crippen LogP contribution is 2.09. The van der Waals surface area contributed by atoms with Crippen LogP contribution in [-0.2, 0) is 6.54 Å². The fourth-order valence-electron chi connectivity index (χ4n) is 2.06. The van der Waals surface area contributed by atoms with E-state index < -0.39 is 0 Å². The van der Waals surface area contributed by atoms with Gasteiger partial charge in [0.2, 0.25) is 0 Å². The molecule has 0 aromatic carbocycles. The van der Waals surface area contributed by atoms with Crippen LogP contribution in [0.1, 0.15) is 37.1 Å². The van der Waals surface area contributed by atoms with Crippen LogP contribution in [0.4, 0.5) is 4.79 Å². The van der Waals surface area contributed by atoms with Crippen LogP contribution in [0, 0.1) is 6.92 Å². The lowest BCUT2D eigenvalue weighted by Gasteiger charge is -2.20. The first kappa shape index (κ1) is 12.8. The Kier molecular flexibility index (Phi) is 4.50. The smallest absolute Gasteiger partial charge is 0.317 e. The molecule has 1 N–H and O–H groups in total. The SMILES string of the molecule is Cc1cnc(CNC(=O)N2CCCCCC2)cn1. The number of aryl methyl sites for hydroxylation is 1. The van der Waals surface area contributed by atoms with Crippen LogP contribution in [0.3, 0.4) is 0 Å². The Morgan fingerprint density at radius 3 is 2.56 bits per heavy atom. The third-order valence-corrected chi connectivity index (χ3v) is 3.15. The predicted molar refractivity (Wildman–Crippen MR) is 69.0 cm³/mol. The highest BCUT2D eigenvalue weighted by molar-refractivity contribution is 5.74. The van der Waals surface area contributed by atoms with E-state index in [1.807, 2.05) is 11.8 Å². The van der Waals surface area contributed by atoms with Gasteiger partial charge in [0, 0.05) is 19.3 Å². The van der Waals surface area contributed by atoms with Gasteiger partial charge >= 0.3 is 6.03 Å². The molecule has 1 saturated heterocycles. The molecule has 0 unspecified atom stereocenters. The van der Waals surface area contributed by atoms with E-state index >= 15 is 0 Å². The van der Waals surface area contributed by atoms with Crippen molar-refractivity contribution in [1.29, 1.82) is 0 Å². The minimum atomic E-state index is 0.0132. The van der Waals surface area contributed by atoms with Crippen LogP contribution in [0.15, 0.2) is 12.4 Å². The lowest BCUT2D eigenvalue weighted by Crippen LogP contribution is -2.40. The summed E-state index contributed by atoms with van der Waals surface area (Å²) in [4.78, 5) is 22.2. The van der Waals surface area contributed by atoms with Gasteiger partial charge in [0.05, 0.1) is 24.1 Å². The molecule has 98 valence electrons. The van der Waals surface area contributed by atoms with E-state index in [1.165, 1.54) is 12.8 Å². The number of urea groups is 1. The number of hydrogen-bond acceptors (Lipinski definition) is 3. The molecule has 2 heterocycles. The van der Waals surface area contributed by atoms with Crippen LogP contribution < -0.4 is 5.32 Å². The van der Waals surface area contributed by atoms with Crippen molar-refractivity contribution in [2.24, 2.45) is 0 Å². The standard InChI is InChI=1S/C13H20N4O/c1-11-8-15-12(9-14-11)10-16-13(18)17-6-4-2-3-5-7-17/h8-9H,2-7,10H2,1H3,(H,16,18). The number of nitrogens with one attached hydrogen (secondary N) is 1. The minimum Gasteiger partial charge on any atom is -0.332 e. The van der Waals surface area contributed by atoms with Crippen molar-refractivity contribution in [2.75, 3.05) is 13.1 Å². The normalized spacial score (nSPS) is 16.2. The second-order valence-corrected chi connectivity index (χ2v) is 4.71. The monoisotopic (exact) mass is 248 g/mol. The fraction of sp³-hybridized carbons (Fsp3) is 0.615. The molecule has 2 amide bonds. The summed E-state index contributed by atoms with van der Waals surface area (Å²) < 4.78 is 0. The largest absolute Gasteiger partial charge is 0.332 e. The number of likely N-dealkylation sites (tertiary alicyclic amines) is 1. The third kappa shape index (κ3) is 3.68. The molecule has 1 aromatic heterocycles. The molecule has 1 aliphatic heterocycles. The highest BCUT2D eigenvalue weighted by Gasteiger charge is 2.14. The molecule has 1 aliphatic rings. The maximum Gasteiger partial charge on any atom is 0.317 e. The maximum absolute atomic E-state index is 12.0. The van der Waals surface area contributed by atoms with Gasteiger partial charge < -0.3 is 10.2 Å². The molecule has 0 spiro atoms. The van der Waals surface area contributed by atoms with E-state index in [1.54, 1.807) is 12.4 Å². The van der Waals surface area contributed by atoms with Crippen molar-refractivity contribution in [3.8, 4) is 0 Å². The van der Waals surface area contributed by atoms with E-state index in [0.29, 0.717) is 6.54 Å². The van der Waals surface area contributed by atoms with Crippen LogP contribution >= 0.6 is 0 Å². The quantitative estimate of drug-likeness (QED) is 0.869. The topological polar surface area (TPSA) is 58.1 Å². The first-order valence-electron chi connectivity index (χ1n) is 6.56. The van der Waals surface area contributed by atoms with Crippen molar-refractivity contribution in [3.63, 3.8) is 0 Å². The summed E-state index contributed by atoms with van der Waals surface area (Å²) in [6.45, 7) is 4.08. The molecular formula is C13H20N4O. The molecule has 5 nitrogen and oxygen atoms in total. The Bertz CT molecular complexity index is 382. The average molecular weight is 248 g/mol. The van der Waals surface area contributed by atoms with Crippen LogP contribution in [0.25, 0.3) is 0 Å². The summed E-state index contributed by atoms with van der Waals surface area (Å²) >= 11 is 0. The van der Waals surface area contributed by atoms with Gasteiger partial charge in [-0.1, -0.05) is 12.8 Å². The second kappa shape index (κ2) is 6.33. The third-order valence-electron chi connectivity index (χ3n) is 3.15. The van der Waals surface area contributed by atoms with Gasteiger partial charge in [-0.15, -0.1) is 0 Å². The number of carbonyl (C=O) groups is 1. The number of carbonyl (C=O) groups excluding carboxylic acids is 1. The van der Waals surface area contributed by atoms with Crippen molar-refractivity contribution < 1.29 is 4.79 Å². The summed E-state index contributed by atoms with van der Waals surface area (Å²) in [5, 5.41) is 2.90. The van der Waals surface area contributed by atoms with E-state index in [9.17, 15) is 4.79 Å². The van der Waals surface area contributed by atoms with Crippen molar-refractivity contribution in [2.45, 2.75) is 39.2 Å². The van der Waals surface area contributed by atoms with Gasteiger partial charge in [-0.2, -0.15) is 0 Å². The Morgan fingerprint density at radius 1 is 1.22 bits per heavy atom. The summed E-state index contributed by atoms with van der Waals surface area (Å²) in [7, 11) is 0. The Labute approximate surface area is 108 Å². The predicted octanol–water partition coefficient (Wildman–Crippen LogP) is 1.87. The molecule has 1 aromatic rings. The number of hydrogen-bond donors (Lipinski definition) is 1. The van der Waals surface area contributed by atoms with Crippen molar-refractivity contribution in [3.05, 3.63) is 23.8 Å². The van der Waals surface area contributed by atoms with Crippen molar-refractivity contribution in [1.82, 2.24) is 20.2 Å². The van der Waals surface area contributed by atoms with Gasteiger partial charge in [-0.3, -0.25) is 9.97 Å². The lowest BCUT2D eigenvalue weighted by molar-refractivity contribution is 0.199. The molecule has 0 radical (unpaired) electrons. The molecule has 0 aliphatic carbocycles. The number of rotatable bonds is 2. The summed E-state index contributed by atoms with van der Waals surface area (Å²) in [5.41, 5.74) is 1.68. The second-order valence-electron chi connectivity index (χ2n) is 4.71. The average Bonchev–Trinajstić information content (AvgIpc) is 2.66. The van der Waals surface area contributed by atoms with Gasteiger partial charge in [-0.05, 0) is 19.8 Å². The van der Waals surface area contributed by atoms with Crippen molar-refractivity contribution >= 4 is 6.03 Å². The number of nitrogens with zero attached hydrogens (tertiary/aromatic N) is 3. The molecule has 18 heavy (non-hydrogen) atoms. The molecule has 5 heteroatoms. The Morgan fingerprint density at radius 2 is 1.94 bits per heavy atom. The first-order chi connectivity index (χ1) is 8.75. The van der Waals surface area contributed by atoms with Gasteiger partial charge in [0.1, 0.15) is 0 Å². The minimum absolute atomic E-state index is 0.0132. The highest BCUT2D eigenvalue weighted by atomic mass is 16.2. The van der Waals surface area contributed by atoms with E-state index in [0.717, 1.165) is 37.3 Å². The zero-order valence-corrected chi connectivity index (χ0v) is 10.9. The summed E-state index contributed by atoms with van der Waals surface area (Å²) in [6, 6.07) is 0.0132. The molecule has 0 atom stereocenters. The lowest BCUT2D eigenvalue weighted by atomic mass is 10.2. The summed E-state index contributed by atoms with van der Waals surface area (Å²) in [6.07, 6.45) is 8.10. The number of aromatic nitrogens is 2. The fourth-order valence-corrected chi connectivity index (χ4v) is 2.06. The molecular weight excluding hydrogens is 228 g/mol. The van der Waals surface area contributed by atoms with E-state index in [-0.39, 0.29) is 6.03 Å². The van der Waals surface area contributed by atoms with Gasteiger partial charge in [0.25, 0.3) is 0 Å². The Balaban J connectivity index is 1.81. The van der Waals surface area contributed by atoms with Crippen LogP contribution in [0.5, 0.6) is 0 Å². The van der Waals surface area contributed by atoms with Crippen LogP contribution in [0.2, 0.25) is 0 Å². The molecule has 0 bridgehead atoms. The van der Waals surface area contributed by atoms with Gasteiger partial charge in [-0.25, -0.2) is 4.79 Å². The zero-order valence-electron chi connectivity index (χ0n) is 10.9. The zero-order chi connectivity index (χ0) is 12.8. The molecule has 2 rings (SSSR count). The summed E-state index contributed by atoms with van der Waals surface area (Å²) in [5.74, 6) is 0. The first-order valence-corrected chi connectivity index (χ1v) is 6.56. The van der Waals surface area contributed by atoms with Crippen LogP contribution in [-0.4, -0.2) is 34.0 Å². The number of amides is 2. The van der Waals surface area contributed by atoms with E-state index in [2.05, 4.69) is 15.3 Å². The molecule has 1 fully saturated rings. The van der Waals surface area contributed by atoms with E-state index in [4.69, 9.17) is 0 Å². The molecule has 0 saturated carbocycles. The Hall–Kier alpha value is -1.65. The maximum atomic E-state index is 12.0. The van der Waals surface area contributed by atoms with Gasteiger partial charge in [0.15, 0.2) is 0 Å².